The van der Waals surface area contributed by atoms with Crippen LogP contribution in [0.2, 0.25) is 0 Å². The second-order valence-electron chi connectivity index (χ2n) is 6.79. The molecule has 6 heteroatoms. The van der Waals surface area contributed by atoms with Gasteiger partial charge in [0.05, 0.1) is 12.5 Å². The maximum Gasteiger partial charge on any atom is 0.303 e. The zero-order chi connectivity index (χ0) is 17.6. The van der Waals surface area contributed by atoms with Crippen LogP contribution in [0, 0.1) is 11.2 Å². The van der Waals surface area contributed by atoms with E-state index < -0.39 is 12.0 Å². The molecule has 24 heavy (non-hydrogen) atoms. The van der Waals surface area contributed by atoms with Crippen LogP contribution in [0.5, 0.6) is 0 Å². The SMILES string of the molecule is N[C@H](Cc1cccc(F)c1)C(=O)NCC1(CC(=O)O)CCCCC1. The summed E-state index contributed by atoms with van der Waals surface area (Å²) in [6.45, 7) is 0.328. The number of hydrogen-bond acceptors (Lipinski definition) is 3. The van der Waals surface area contributed by atoms with Crippen LogP contribution < -0.4 is 11.1 Å². The second kappa shape index (κ2) is 8.24. The van der Waals surface area contributed by atoms with Crippen molar-refractivity contribution in [3.05, 3.63) is 35.6 Å². The summed E-state index contributed by atoms with van der Waals surface area (Å²) in [4.78, 5) is 23.4. The van der Waals surface area contributed by atoms with Crippen molar-refractivity contribution in [2.24, 2.45) is 11.1 Å². The van der Waals surface area contributed by atoms with E-state index in [1.165, 1.54) is 12.1 Å². The zero-order valence-corrected chi connectivity index (χ0v) is 13.8. The summed E-state index contributed by atoms with van der Waals surface area (Å²) >= 11 is 0. The minimum Gasteiger partial charge on any atom is -0.481 e. The molecule has 0 spiro atoms. The first-order valence-corrected chi connectivity index (χ1v) is 8.40. The number of nitrogens with one attached hydrogen (secondary N) is 1. The number of amides is 1. The van der Waals surface area contributed by atoms with Gasteiger partial charge in [0.25, 0.3) is 0 Å². The molecule has 4 N–H and O–H groups in total. The fourth-order valence-electron chi connectivity index (χ4n) is 3.45. The molecule has 1 aliphatic rings. The molecule has 1 saturated carbocycles. The van der Waals surface area contributed by atoms with Crippen LogP contribution in [-0.4, -0.2) is 29.6 Å². The van der Waals surface area contributed by atoms with E-state index in [0.717, 1.165) is 32.1 Å². The van der Waals surface area contributed by atoms with Crippen LogP contribution in [0.3, 0.4) is 0 Å². The number of halogens is 1. The molecule has 2 rings (SSSR count). The number of aliphatic carboxylic acids is 1. The standard InChI is InChI=1S/C18H25FN2O3/c19-14-6-4-5-13(9-14)10-15(20)17(24)21-12-18(11-16(22)23)7-2-1-3-8-18/h4-6,9,15H,1-3,7-8,10-12,20H2,(H,21,24)(H,22,23)/t15-/m1/s1. The lowest BCUT2D eigenvalue weighted by molar-refractivity contribution is -0.140. The van der Waals surface area contributed by atoms with Gasteiger partial charge < -0.3 is 16.2 Å². The van der Waals surface area contributed by atoms with Gasteiger partial charge in [-0.3, -0.25) is 9.59 Å². The summed E-state index contributed by atoms with van der Waals surface area (Å²) in [7, 11) is 0. The van der Waals surface area contributed by atoms with Crippen molar-refractivity contribution in [1.82, 2.24) is 5.32 Å². The normalized spacial score (nSPS) is 17.9. The van der Waals surface area contributed by atoms with Crippen LogP contribution in [0.1, 0.15) is 44.1 Å². The highest BCUT2D eigenvalue weighted by Gasteiger charge is 2.35. The molecule has 1 fully saturated rings. The van der Waals surface area contributed by atoms with Crippen molar-refractivity contribution in [3.63, 3.8) is 0 Å². The fourth-order valence-corrected chi connectivity index (χ4v) is 3.45. The third kappa shape index (κ3) is 5.30. The van der Waals surface area contributed by atoms with Gasteiger partial charge in [-0.25, -0.2) is 4.39 Å². The highest BCUT2D eigenvalue weighted by Crippen LogP contribution is 2.38. The van der Waals surface area contributed by atoms with Crippen molar-refractivity contribution >= 4 is 11.9 Å². The number of hydrogen-bond donors (Lipinski definition) is 3. The number of carbonyl (C=O) groups excluding carboxylic acids is 1. The van der Waals surface area contributed by atoms with Gasteiger partial charge in [-0.15, -0.1) is 0 Å². The van der Waals surface area contributed by atoms with Gasteiger partial charge in [-0.2, -0.15) is 0 Å². The van der Waals surface area contributed by atoms with E-state index in [1.54, 1.807) is 12.1 Å². The smallest absolute Gasteiger partial charge is 0.303 e. The van der Waals surface area contributed by atoms with E-state index in [4.69, 9.17) is 10.8 Å². The van der Waals surface area contributed by atoms with Crippen LogP contribution in [-0.2, 0) is 16.0 Å². The Kier molecular flexibility index (Phi) is 6.31. The lowest BCUT2D eigenvalue weighted by Gasteiger charge is -2.36. The molecule has 0 saturated heterocycles. The van der Waals surface area contributed by atoms with Gasteiger partial charge in [0.1, 0.15) is 5.82 Å². The predicted molar refractivity (Wildman–Crippen MR) is 88.9 cm³/mol. The topological polar surface area (TPSA) is 92.4 Å². The molecule has 0 unspecified atom stereocenters. The Morgan fingerprint density at radius 2 is 2.00 bits per heavy atom. The minimum absolute atomic E-state index is 0.0619. The number of rotatable bonds is 7. The Balaban J connectivity index is 1.91. The maximum atomic E-state index is 13.2. The van der Waals surface area contributed by atoms with Crippen molar-refractivity contribution in [1.29, 1.82) is 0 Å². The monoisotopic (exact) mass is 336 g/mol. The summed E-state index contributed by atoms with van der Waals surface area (Å²) in [5, 5.41) is 12.0. The molecule has 5 nitrogen and oxygen atoms in total. The lowest BCUT2D eigenvalue weighted by atomic mass is 9.71. The number of benzene rings is 1. The molecule has 0 heterocycles. The molecule has 1 amide bonds. The van der Waals surface area contributed by atoms with Gasteiger partial charge in [-0.05, 0) is 42.4 Å². The molecule has 1 atom stereocenters. The van der Waals surface area contributed by atoms with Crippen LogP contribution in [0.15, 0.2) is 24.3 Å². The van der Waals surface area contributed by atoms with E-state index in [2.05, 4.69) is 5.32 Å². The molecular formula is C18H25FN2O3. The summed E-state index contributed by atoms with van der Waals surface area (Å²) in [6.07, 6.45) is 4.99. The van der Waals surface area contributed by atoms with E-state index in [0.29, 0.717) is 12.1 Å². The summed E-state index contributed by atoms with van der Waals surface area (Å²) in [5.41, 5.74) is 6.19. The summed E-state index contributed by atoms with van der Waals surface area (Å²) in [5.74, 6) is -1.52. The fraction of sp³-hybridized carbons (Fsp3) is 0.556. The van der Waals surface area contributed by atoms with Gasteiger partial charge >= 0.3 is 5.97 Å². The zero-order valence-electron chi connectivity index (χ0n) is 13.8. The third-order valence-corrected chi connectivity index (χ3v) is 4.76. The minimum atomic E-state index is -0.838. The molecule has 1 aliphatic carbocycles. The first-order chi connectivity index (χ1) is 11.4. The van der Waals surface area contributed by atoms with E-state index in [1.807, 2.05) is 0 Å². The van der Waals surface area contributed by atoms with Crippen LogP contribution in [0.4, 0.5) is 4.39 Å². The summed E-state index contributed by atoms with van der Waals surface area (Å²) < 4.78 is 13.2. The molecule has 0 radical (unpaired) electrons. The molecule has 132 valence electrons. The van der Waals surface area contributed by atoms with Gasteiger partial charge in [0, 0.05) is 6.54 Å². The average Bonchev–Trinajstić information content (AvgIpc) is 2.53. The van der Waals surface area contributed by atoms with Crippen molar-refractivity contribution in [2.75, 3.05) is 6.54 Å². The molecule has 0 bridgehead atoms. The molecule has 1 aromatic rings. The molecular weight excluding hydrogens is 311 g/mol. The average molecular weight is 336 g/mol. The number of carbonyl (C=O) groups is 2. The second-order valence-corrected chi connectivity index (χ2v) is 6.79. The third-order valence-electron chi connectivity index (χ3n) is 4.76. The van der Waals surface area contributed by atoms with Gasteiger partial charge in [-0.1, -0.05) is 31.4 Å². The largest absolute Gasteiger partial charge is 0.481 e. The quantitative estimate of drug-likeness (QED) is 0.712. The Labute approximate surface area is 141 Å². The lowest BCUT2D eigenvalue weighted by Crippen LogP contribution is -2.47. The van der Waals surface area contributed by atoms with Gasteiger partial charge in [0.2, 0.25) is 5.91 Å². The Bertz CT molecular complexity index is 585. The maximum absolute atomic E-state index is 13.2. The van der Waals surface area contributed by atoms with Crippen molar-refractivity contribution in [2.45, 2.75) is 51.0 Å². The highest BCUT2D eigenvalue weighted by molar-refractivity contribution is 5.82. The van der Waals surface area contributed by atoms with E-state index >= 15 is 0 Å². The number of nitrogens with two attached hydrogens (primary N) is 1. The highest BCUT2D eigenvalue weighted by atomic mass is 19.1. The number of carboxylic acids is 1. The Morgan fingerprint density at radius 3 is 2.62 bits per heavy atom. The predicted octanol–water partition coefficient (Wildman–Crippen LogP) is 2.24. The van der Waals surface area contributed by atoms with E-state index in [9.17, 15) is 14.0 Å². The van der Waals surface area contributed by atoms with Gasteiger partial charge in [0.15, 0.2) is 0 Å². The number of carboxylic acid groups (broad SMARTS) is 1. The Hall–Kier alpha value is -1.95. The van der Waals surface area contributed by atoms with E-state index in [-0.39, 0.29) is 30.0 Å². The van der Waals surface area contributed by atoms with Crippen molar-refractivity contribution in [3.8, 4) is 0 Å². The van der Waals surface area contributed by atoms with Crippen molar-refractivity contribution < 1.29 is 19.1 Å². The van der Waals surface area contributed by atoms with Crippen LogP contribution >= 0.6 is 0 Å². The summed E-state index contributed by atoms with van der Waals surface area (Å²) in [6, 6.07) is 5.23. The first-order valence-electron chi connectivity index (χ1n) is 8.40. The Morgan fingerprint density at radius 1 is 1.29 bits per heavy atom. The molecule has 0 aromatic heterocycles. The first kappa shape index (κ1) is 18.4. The van der Waals surface area contributed by atoms with Crippen LogP contribution in [0.25, 0.3) is 0 Å². The molecule has 1 aromatic carbocycles. The molecule has 0 aliphatic heterocycles.